The lowest BCUT2D eigenvalue weighted by Crippen LogP contribution is -2.15. The van der Waals surface area contributed by atoms with Crippen LogP contribution in [0.15, 0.2) is 5.11 Å². The molecule has 0 spiro atoms. The van der Waals surface area contributed by atoms with Crippen LogP contribution in [0.4, 0.5) is 0 Å². The molecule has 1 rings (SSSR count). The van der Waals surface area contributed by atoms with Crippen molar-refractivity contribution in [1.82, 2.24) is 0 Å². The molecular formula is C8H15N3O. The Bertz CT molecular complexity index is 200. The Kier molecular flexibility index (Phi) is 2.95. The first kappa shape index (κ1) is 9.36. The van der Waals surface area contributed by atoms with Crippen LogP contribution >= 0.6 is 0 Å². The van der Waals surface area contributed by atoms with Crippen molar-refractivity contribution >= 4 is 0 Å². The fourth-order valence-corrected chi connectivity index (χ4v) is 1.48. The van der Waals surface area contributed by atoms with Crippen LogP contribution in [-0.4, -0.2) is 19.3 Å². The van der Waals surface area contributed by atoms with Gasteiger partial charge in [-0.3, -0.25) is 0 Å². The third-order valence-electron chi connectivity index (χ3n) is 2.59. The van der Waals surface area contributed by atoms with E-state index in [-0.39, 0.29) is 6.10 Å². The highest BCUT2D eigenvalue weighted by Gasteiger charge is 2.33. The van der Waals surface area contributed by atoms with Crippen LogP contribution in [0, 0.1) is 5.41 Å². The monoisotopic (exact) mass is 169 g/mol. The summed E-state index contributed by atoms with van der Waals surface area (Å²) in [7, 11) is 0. The topological polar surface area (TPSA) is 58.0 Å². The standard InChI is InChI=1S/C8H15N3O/c1-3-8(2)4-7(12-6-8)5-10-11-9/h7H,3-6H2,1-2H3/t7-,8+/m1/s1. The Balaban J connectivity index is 2.39. The van der Waals surface area contributed by atoms with E-state index in [1.54, 1.807) is 0 Å². The summed E-state index contributed by atoms with van der Waals surface area (Å²) in [5, 5.41) is 3.51. The molecule has 0 bridgehead atoms. The number of azide groups is 1. The van der Waals surface area contributed by atoms with E-state index in [1.165, 1.54) is 0 Å². The van der Waals surface area contributed by atoms with Crippen molar-refractivity contribution in [3.8, 4) is 0 Å². The summed E-state index contributed by atoms with van der Waals surface area (Å²) in [5.74, 6) is 0. The van der Waals surface area contributed by atoms with Gasteiger partial charge in [-0.05, 0) is 23.8 Å². The molecule has 4 heteroatoms. The molecule has 1 heterocycles. The molecule has 1 aliphatic heterocycles. The second kappa shape index (κ2) is 3.78. The molecule has 1 saturated heterocycles. The minimum Gasteiger partial charge on any atom is -0.377 e. The maximum Gasteiger partial charge on any atom is 0.0637 e. The first-order valence-corrected chi connectivity index (χ1v) is 4.32. The third-order valence-corrected chi connectivity index (χ3v) is 2.59. The van der Waals surface area contributed by atoms with E-state index >= 15 is 0 Å². The fourth-order valence-electron chi connectivity index (χ4n) is 1.48. The molecule has 68 valence electrons. The van der Waals surface area contributed by atoms with Gasteiger partial charge in [0.2, 0.25) is 0 Å². The van der Waals surface area contributed by atoms with E-state index in [1.807, 2.05) is 0 Å². The van der Waals surface area contributed by atoms with Crippen LogP contribution in [-0.2, 0) is 4.74 Å². The highest BCUT2D eigenvalue weighted by Crippen LogP contribution is 2.35. The van der Waals surface area contributed by atoms with E-state index in [4.69, 9.17) is 10.3 Å². The summed E-state index contributed by atoms with van der Waals surface area (Å²) in [5.41, 5.74) is 8.42. The summed E-state index contributed by atoms with van der Waals surface area (Å²) in [6, 6.07) is 0. The molecule has 0 saturated carbocycles. The normalized spacial score (nSPS) is 34.7. The highest BCUT2D eigenvalue weighted by atomic mass is 16.5. The molecule has 0 radical (unpaired) electrons. The van der Waals surface area contributed by atoms with Crippen molar-refractivity contribution in [2.45, 2.75) is 32.8 Å². The van der Waals surface area contributed by atoms with Crippen LogP contribution in [0.25, 0.3) is 10.4 Å². The number of hydrogen-bond donors (Lipinski definition) is 0. The zero-order valence-electron chi connectivity index (χ0n) is 7.66. The van der Waals surface area contributed by atoms with Gasteiger partial charge in [-0.1, -0.05) is 19.0 Å². The molecule has 0 unspecified atom stereocenters. The Hall–Kier alpha value is -0.730. The van der Waals surface area contributed by atoms with Crippen molar-refractivity contribution in [3.05, 3.63) is 10.4 Å². The van der Waals surface area contributed by atoms with Gasteiger partial charge in [0.15, 0.2) is 0 Å². The van der Waals surface area contributed by atoms with Crippen LogP contribution < -0.4 is 0 Å². The van der Waals surface area contributed by atoms with Crippen molar-refractivity contribution in [3.63, 3.8) is 0 Å². The number of nitrogens with zero attached hydrogens (tertiary/aromatic N) is 3. The Morgan fingerprint density at radius 1 is 1.75 bits per heavy atom. The summed E-state index contributed by atoms with van der Waals surface area (Å²) in [4.78, 5) is 2.72. The van der Waals surface area contributed by atoms with Crippen molar-refractivity contribution in [1.29, 1.82) is 0 Å². The largest absolute Gasteiger partial charge is 0.377 e. The molecule has 4 nitrogen and oxygen atoms in total. The summed E-state index contributed by atoms with van der Waals surface area (Å²) in [6.45, 7) is 5.66. The van der Waals surface area contributed by atoms with E-state index in [0.29, 0.717) is 12.0 Å². The number of hydrogen-bond acceptors (Lipinski definition) is 2. The molecule has 0 amide bonds. The molecular weight excluding hydrogens is 154 g/mol. The zero-order valence-corrected chi connectivity index (χ0v) is 7.66. The van der Waals surface area contributed by atoms with Gasteiger partial charge in [-0.25, -0.2) is 0 Å². The molecule has 0 aromatic heterocycles. The van der Waals surface area contributed by atoms with Gasteiger partial charge in [0.1, 0.15) is 0 Å². The molecule has 0 aromatic rings. The lowest BCUT2D eigenvalue weighted by atomic mass is 9.85. The first-order chi connectivity index (χ1) is 5.70. The second-order valence-electron chi connectivity index (χ2n) is 3.71. The van der Waals surface area contributed by atoms with Crippen molar-refractivity contribution < 1.29 is 4.74 Å². The van der Waals surface area contributed by atoms with Crippen LogP contribution in [0.2, 0.25) is 0 Å². The third kappa shape index (κ3) is 2.13. The molecule has 2 atom stereocenters. The molecule has 0 aliphatic carbocycles. The van der Waals surface area contributed by atoms with Crippen LogP contribution in [0.1, 0.15) is 26.7 Å². The molecule has 1 fully saturated rings. The SMILES string of the molecule is CC[C@]1(C)CO[C@@H](CN=[N+]=[N-])C1. The quantitative estimate of drug-likeness (QED) is 0.364. The minimum absolute atomic E-state index is 0.144. The average molecular weight is 169 g/mol. The van der Waals surface area contributed by atoms with E-state index in [2.05, 4.69) is 23.9 Å². The lowest BCUT2D eigenvalue weighted by Gasteiger charge is -2.18. The van der Waals surface area contributed by atoms with Gasteiger partial charge in [0.25, 0.3) is 0 Å². The highest BCUT2D eigenvalue weighted by molar-refractivity contribution is 4.84. The Morgan fingerprint density at radius 2 is 2.50 bits per heavy atom. The predicted molar refractivity (Wildman–Crippen MR) is 46.8 cm³/mol. The second-order valence-corrected chi connectivity index (χ2v) is 3.71. The summed E-state index contributed by atoms with van der Waals surface area (Å²) in [6.07, 6.45) is 2.29. The summed E-state index contributed by atoms with van der Waals surface area (Å²) >= 11 is 0. The van der Waals surface area contributed by atoms with Gasteiger partial charge < -0.3 is 4.74 Å². The van der Waals surface area contributed by atoms with Crippen molar-refractivity contribution in [2.24, 2.45) is 10.5 Å². The van der Waals surface area contributed by atoms with Gasteiger partial charge in [-0.15, -0.1) is 0 Å². The molecule has 0 aromatic carbocycles. The molecule has 0 N–H and O–H groups in total. The molecule has 12 heavy (non-hydrogen) atoms. The zero-order chi connectivity index (χ0) is 9.03. The first-order valence-electron chi connectivity index (χ1n) is 4.32. The van der Waals surface area contributed by atoms with Gasteiger partial charge in [0.05, 0.1) is 19.3 Å². The maximum atomic E-state index is 8.12. The molecule has 1 aliphatic rings. The summed E-state index contributed by atoms with van der Waals surface area (Å²) < 4.78 is 5.50. The number of rotatable bonds is 3. The number of ether oxygens (including phenoxy) is 1. The van der Waals surface area contributed by atoms with Crippen LogP contribution in [0.5, 0.6) is 0 Å². The van der Waals surface area contributed by atoms with E-state index in [9.17, 15) is 0 Å². The van der Waals surface area contributed by atoms with E-state index in [0.717, 1.165) is 19.4 Å². The van der Waals surface area contributed by atoms with E-state index < -0.39 is 0 Å². The lowest BCUT2D eigenvalue weighted by molar-refractivity contribution is 0.102. The Morgan fingerprint density at radius 3 is 3.00 bits per heavy atom. The van der Waals surface area contributed by atoms with Crippen molar-refractivity contribution in [2.75, 3.05) is 13.2 Å². The van der Waals surface area contributed by atoms with Gasteiger partial charge in [-0.2, -0.15) is 0 Å². The average Bonchev–Trinajstić information content (AvgIpc) is 2.45. The minimum atomic E-state index is 0.144. The van der Waals surface area contributed by atoms with Gasteiger partial charge in [0, 0.05) is 4.91 Å². The Labute approximate surface area is 72.5 Å². The smallest absolute Gasteiger partial charge is 0.0637 e. The van der Waals surface area contributed by atoms with Crippen LogP contribution in [0.3, 0.4) is 0 Å². The fraction of sp³-hybridized carbons (Fsp3) is 1.00. The maximum absolute atomic E-state index is 8.12. The van der Waals surface area contributed by atoms with Gasteiger partial charge >= 0.3 is 0 Å². The predicted octanol–water partition coefficient (Wildman–Crippen LogP) is 2.50.